The predicted octanol–water partition coefficient (Wildman–Crippen LogP) is 1.60. The minimum Gasteiger partial charge on any atom is -0.330 e. The van der Waals surface area contributed by atoms with Crippen molar-refractivity contribution < 1.29 is 0 Å². The van der Waals surface area contributed by atoms with Crippen molar-refractivity contribution in [2.45, 2.75) is 25.7 Å². The van der Waals surface area contributed by atoms with Gasteiger partial charge in [0.25, 0.3) is 5.56 Å². The number of nitrogens with two attached hydrogens (primary N) is 1. The smallest absolute Gasteiger partial charge is 0.251 e. The molecule has 0 radical (unpaired) electrons. The minimum absolute atomic E-state index is 0.127. The van der Waals surface area contributed by atoms with Gasteiger partial charge in [0.05, 0.1) is 0 Å². The second kappa shape index (κ2) is 5.36. The first-order chi connectivity index (χ1) is 9.04. The third-order valence-electron chi connectivity index (χ3n) is 3.28. The van der Waals surface area contributed by atoms with Crippen LogP contribution in [-0.4, -0.2) is 16.5 Å². The fourth-order valence-electron chi connectivity index (χ4n) is 2.07. The molecular formula is C15H19N3O. The Morgan fingerprint density at radius 3 is 2.58 bits per heavy atom. The second-order valence-corrected chi connectivity index (χ2v) is 5.12. The Bertz CT molecular complexity index is 602. The van der Waals surface area contributed by atoms with E-state index in [0.717, 1.165) is 11.3 Å². The van der Waals surface area contributed by atoms with Crippen LogP contribution in [0.4, 0.5) is 0 Å². The van der Waals surface area contributed by atoms with Crippen molar-refractivity contribution in [3.05, 3.63) is 63.8 Å². The van der Waals surface area contributed by atoms with Crippen LogP contribution in [0, 0.1) is 0 Å². The summed E-state index contributed by atoms with van der Waals surface area (Å²) >= 11 is 0. The van der Waals surface area contributed by atoms with Crippen LogP contribution in [0.5, 0.6) is 0 Å². The van der Waals surface area contributed by atoms with Crippen molar-refractivity contribution in [3.63, 3.8) is 0 Å². The van der Waals surface area contributed by atoms with Gasteiger partial charge < -0.3 is 10.7 Å². The van der Waals surface area contributed by atoms with Crippen LogP contribution in [-0.2, 0) is 11.8 Å². The highest BCUT2D eigenvalue weighted by atomic mass is 16.1. The predicted molar refractivity (Wildman–Crippen MR) is 76.2 cm³/mol. The number of hydrogen-bond donors (Lipinski definition) is 2. The monoisotopic (exact) mass is 257 g/mol. The molecule has 2 aromatic rings. The molecule has 0 bridgehead atoms. The van der Waals surface area contributed by atoms with Crippen LogP contribution in [0.1, 0.15) is 30.9 Å². The lowest BCUT2D eigenvalue weighted by Crippen LogP contribution is -2.27. The number of aromatic amines is 1. The molecule has 4 heteroatoms. The molecule has 0 amide bonds. The van der Waals surface area contributed by atoms with Gasteiger partial charge in [0.2, 0.25) is 0 Å². The van der Waals surface area contributed by atoms with E-state index >= 15 is 0 Å². The number of rotatable bonds is 4. The highest BCUT2D eigenvalue weighted by molar-refractivity contribution is 5.30. The molecule has 2 rings (SSSR count). The molecule has 4 nitrogen and oxygen atoms in total. The van der Waals surface area contributed by atoms with Gasteiger partial charge in [-0.05, 0) is 26.0 Å². The van der Waals surface area contributed by atoms with Crippen LogP contribution >= 0.6 is 0 Å². The average molecular weight is 257 g/mol. The Labute approximate surface area is 112 Å². The van der Waals surface area contributed by atoms with Gasteiger partial charge in [0.15, 0.2) is 0 Å². The summed E-state index contributed by atoms with van der Waals surface area (Å²) in [6.07, 6.45) is 0.613. The molecule has 0 aliphatic rings. The average Bonchev–Trinajstić information content (AvgIpc) is 2.39. The highest BCUT2D eigenvalue weighted by Crippen LogP contribution is 2.27. The fraction of sp³-hybridized carbons (Fsp3) is 0.333. The second-order valence-electron chi connectivity index (χ2n) is 5.12. The lowest BCUT2D eigenvalue weighted by Gasteiger charge is -2.24. The lowest BCUT2D eigenvalue weighted by atomic mass is 9.83. The van der Waals surface area contributed by atoms with Crippen LogP contribution in [0.3, 0.4) is 0 Å². The van der Waals surface area contributed by atoms with Crippen molar-refractivity contribution in [1.29, 1.82) is 0 Å². The summed E-state index contributed by atoms with van der Waals surface area (Å²) in [4.78, 5) is 19.1. The van der Waals surface area contributed by atoms with E-state index in [1.54, 1.807) is 0 Å². The number of H-pyrrole nitrogens is 1. The molecule has 0 spiro atoms. The van der Waals surface area contributed by atoms with Gasteiger partial charge in [0, 0.05) is 23.6 Å². The molecule has 0 aliphatic carbocycles. The molecule has 0 aliphatic heterocycles. The van der Waals surface area contributed by atoms with Crippen molar-refractivity contribution >= 4 is 0 Å². The summed E-state index contributed by atoms with van der Waals surface area (Å²) in [6.45, 7) is 4.58. The van der Waals surface area contributed by atoms with Crippen molar-refractivity contribution in [3.8, 4) is 0 Å². The quantitative estimate of drug-likeness (QED) is 0.873. The van der Waals surface area contributed by atoms with E-state index < -0.39 is 0 Å². The van der Waals surface area contributed by atoms with E-state index in [1.807, 2.05) is 44.2 Å². The number of nitrogens with zero attached hydrogens (tertiary/aromatic N) is 1. The summed E-state index contributed by atoms with van der Waals surface area (Å²) in [5, 5.41) is 0. The van der Waals surface area contributed by atoms with E-state index in [1.165, 1.54) is 6.07 Å². The van der Waals surface area contributed by atoms with Crippen molar-refractivity contribution in [2.75, 3.05) is 6.54 Å². The third-order valence-corrected chi connectivity index (χ3v) is 3.28. The van der Waals surface area contributed by atoms with Gasteiger partial charge in [-0.3, -0.25) is 4.79 Å². The lowest BCUT2D eigenvalue weighted by molar-refractivity contribution is 0.581. The fourth-order valence-corrected chi connectivity index (χ4v) is 2.07. The molecule has 0 unspecified atom stereocenters. The van der Waals surface area contributed by atoms with Gasteiger partial charge in [0.1, 0.15) is 5.82 Å². The summed E-state index contributed by atoms with van der Waals surface area (Å²) < 4.78 is 0. The molecule has 100 valence electrons. The number of aromatic nitrogens is 2. The zero-order chi connectivity index (χ0) is 13.9. The summed E-state index contributed by atoms with van der Waals surface area (Å²) in [7, 11) is 0. The Balaban J connectivity index is 2.48. The first-order valence-corrected chi connectivity index (χ1v) is 6.40. The molecule has 0 fully saturated rings. The van der Waals surface area contributed by atoms with Crippen LogP contribution in [0.2, 0.25) is 0 Å². The Hall–Kier alpha value is -1.94. The number of nitrogens with one attached hydrogen (secondary N) is 1. The summed E-state index contributed by atoms with van der Waals surface area (Å²) in [5.74, 6) is 0.676. The molecule has 1 aromatic carbocycles. The molecule has 1 aromatic heterocycles. The largest absolute Gasteiger partial charge is 0.330 e. The van der Waals surface area contributed by atoms with E-state index in [0.29, 0.717) is 18.8 Å². The van der Waals surface area contributed by atoms with Gasteiger partial charge in [-0.25, -0.2) is 4.98 Å². The van der Waals surface area contributed by atoms with E-state index in [-0.39, 0.29) is 11.0 Å². The maximum absolute atomic E-state index is 11.7. The van der Waals surface area contributed by atoms with Crippen molar-refractivity contribution in [1.82, 2.24) is 9.97 Å². The standard InChI is InChI=1S/C15H19N3O/c1-15(2,11-6-4-3-5-7-11)14-17-12(8-9-16)10-13(19)18-14/h3-7,10H,8-9,16H2,1-2H3,(H,17,18,19). The first-order valence-electron chi connectivity index (χ1n) is 6.40. The van der Waals surface area contributed by atoms with Crippen LogP contribution < -0.4 is 11.3 Å². The zero-order valence-corrected chi connectivity index (χ0v) is 11.3. The normalized spacial score (nSPS) is 11.5. The molecule has 3 N–H and O–H groups in total. The Kier molecular flexibility index (Phi) is 3.81. The van der Waals surface area contributed by atoms with Gasteiger partial charge in [-0.15, -0.1) is 0 Å². The third kappa shape index (κ3) is 2.90. The first kappa shape index (κ1) is 13.5. The van der Waals surface area contributed by atoms with E-state index in [9.17, 15) is 4.79 Å². The molecular weight excluding hydrogens is 238 g/mol. The Morgan fingerprint density at radius 1 is 1.26 bits per heavy atom. The van der Waals surface area contributed by atoms with E-state index in [4.69, 9.17) is 5.73 Å². The molecule has 0 saturated carbocycles. The SMILES string of the molecule is CC(C)(c1ccccc1)c1nc(CCN)cc(=O)[nH]1. The summed E-state index contributed by atoms with van der Waals surface area (Å²) in [5.41, 5.74) is 6.91. The molecule has 0 atom stereocenters. The molecule has 19 heavy (non-hydrogen) atoms. The topological polar surface area (TPSA) is 71.8 Å². The van der Waals surface area contributed by atoms with Gasteiger partial charge >= 0.3 is 0 Å². The highest BCUT2D eigenvalue weighted by Gasteiger charge is 2.26. The molecule has 1 heterocycles. The van der Waals surface area contributed by atoms with Crippen molar-refractivity contribution in [2.24, 2.45) is 5.73 Å². The zero-order valence-electron chi connectivity index (χ0n) is 11.3. The summed E-state index contributed by atoms with van der Waals surface area (Å²) in [6, 6.07) is 11.5. The number of benzene rings is 1. The molecule has 0 saturated heterocycles. The van der Waals surface area contributed by atoms with Gasteiger partial charge in [-0.2, -0.15) is 0 Å². The Morgan fingerprint density at radius 2 is 1.95 bits per heavy atom. The van der Waals surface area contributed by atoms with Gasteiger partial charge in [-0.1, -0.05) is 30.3 Å². The van der Waals surface area contributed by atoms with Crippen LogP contribution in [0.25, 0.3) is 0 Å². The minimum atomic E-state index is -0.342. The maximum atomic E-state index is 11.7. The van der Waals surface area contributed by atoms with E-state index in [2.05, 4.69) is 9.97 Å². The maximum Gasteiger partial charge on any atom is 0.251 e. The number of hydrogen-bond acceptors (Lipinski definition) is 3. The van der Waals surface area contributed by atoms with Crippen LogP contribution in [0.15, 0.2) is 41.2 Å².